The van der Waals surface area contributed by atoms with Crippen LogP contribution >= 0.6 is 11.3 Å². The first-order valence-electron chi connectivity index (χ1n) is 7.65. The Labute approximate surface area is 152 Å². The minimum absolute atomic E-state index is 0.125. The third kappa shape index (κ3) is 5.21. The molecule has 1 aromatic carbocycles. The molecule has 2 rings (SSSR count). The maximum Gasteiger partial charge on any atom is 0.345 e. The van der Waals surface area contributed by atoms with Crippen molar-refractivity contribution in [3.05, 3.63) is 61.8 Å². The van der Waals surface area contributed by atoms with Crippen molar-refractivity contribution in [3.63, 3.8) is 0 Å². The summed E-state index contributed by atoms with van der Waals surface area (Å²) in [5, 5.41) is 13.6. The van der Waals surface area contributed by atoms with Gasteiger partial charge < -0.3 is 10.1 Å². The van der Waals surface area contributed by atoms with E-state index in [2.05, 4.69) is 5.32 Å². The zero-order valence-electron chi connectivity index (χ0n) is 13.9. The number of rotatable bonds is 8. The van der Waals surface area contributed by atoms with Crippen molar-refractivity contribution >= 4 is 34.7 Å². The SMILES string of the molecule is CC(=O)NCCc1ccc(C(=O)COC(=O)c2ccccc2[N+](=O)[O-])s1. The van der Waals surface area contributed by atoms with Gasteiger partial charge in [-0.15, -0.1) is 11.3 Å². The Balaban J connectivity index is 1.93. The van der Waals surface area contributed by atoms with Crippen LogP contribution in [0.25, 0.3) is 0 Å². The minimum Gasteiger partial charge on any atom is -0.453 e. The lowest BCUT2D eigenvalue weighted by molar-refractivity contribution is -0.385. The normalized spacial score (nSPS) is 10.2. The fraction of sp³-hybridized carbons (Fsp3) is 0.235. The molecule has 26 heavy (non-hydrogen) atoms. The lowest BCUT2D eigenvalue weighted by Crippen LogP contribution is -2.22. The Bertz CT molecular complexity index is 845. The summed E-state index contributed by atoms with van der Waals surface area (Å²) < 4.78 is 4.91. The third-order valence-electron chi connectivity index (χ3n) is 3.34. The number of thiophene rings is 1. The van der Waals surface area contributed by atoms with Gasteiger partial charge in [-0.25, -0.2) is 4.79 Å². The minimum atomic E-state index is -0.923. The number of nitro groups is 1. The van der Waals surface area contributed by atoms with Gasteiger partial charge in [-0.3, -0.25) is 19.7 Å². The Morgan fingerprint density at radius 2 is 1.92 bits per heavy atom. The van der Waals surface area contributed by atoms with Gasteiger partial charge in [-0.2, -0.15) is 0 Å². The number of ether oxygens (including phenoxy) is 1. The molecule has 0 fully saturated rings. The lowest BCUT2D eigenvalue weighted by atomic mass is 10.2. The summed E-state index contributed by atoms with van der Waals surface area (Å²) in [4.78, 5) is 46.5. The van der Waals surface area contributed by atoms with E-state index in [1.807, 2.05) is 0 Å². The van der Waals surface area contributed by atoms with E-state index in [1.54, 1.807) is 12.1 Å². The van der Waals surface area contributed by atoms with Gasteiger partial charge in [-0.1, -0.05) is 12.1 Å². The van der Waals surface area contributed by atoms with Crippen LogP contribution in [-0.2, 0) is 16.0 Å². The molecule has 1 N–H and O–H groups in total. The summed E-state index contributed by atoms with van der Waals surface area (Å²) >= 11 is 1.25. The van der Waals surface area contributed by atoms with Crippen molar-refractivity contribution in [2.45, 2.75) is 13.3 Å². The highest BCUT2D eigenvalue weighted by atomic mass is 32.1. The number of nitro benzene ring substituents is 1. The monoisotopic (exact) mass is 376 g/mol. The molecule has 0 saturated heterocycles. The summed E-state index contributed by atoms with van der Waals surface area (Å²) in [5.41, 5.74) is -0.575. The van der Waals surface area contributed by atoms with Crippen LogP contribution in [0.2, 0.25) is 0 Å². The molecule has 1 heterocycles. The first-order chi connectivity index (χ1) is 12.4. The molecule has 0 aliphatic rings. The average Bonchev–Trinajstić information content (AvgIpc) is 3.08. The molecule has 0 bridgehead atoms. The van der Waals surface area contributed by atoms with Crippen molar-refractivity contribution in [2.75, 3.05) is 13.2 Å². The Hall–Kier alpha value is -3.07. The van der Waals surface area contributed by atoms with Gasteiger partial charge in [0, 0.05) is 24.4 Å². The topological polar surface area (TPSA) is 116 Å². The van der Waals surface area contributed by atoms with Gasteiger partial charge in [0.1, 0.15) is 5.56 Å². The van der Waals surface area contributed by atoms with Crippen LogP contribution in [0.5, 0.6) is 0 Å². The van der Waals surface area contributed by atoms with E-state index in [9.17, 15) is 24.5 Å². The molecule has 8 nitrogen and oxygen atoms in total. The summed E-state index contributed by atoms with van der Waals surface area (Å²) in [5.74, 6) is -1.44. The average molecular weight is 376 g/mol. The van der Waals surface area contributed by atoms with Crippen LogP contribution in [0.15, 0.2) is 36.4 Å². The van der Waals surface area contributed by atoms with Crippen molar-refractivity contribution in [3.8, 4) is 0 Å². The van der Waals surface area contributed by atoms with E-state index in [-0.39, 0.29) is 17.2 Å². The van der Waals surface area contributed by atoms with E-state index in [1.165, 1.54) is 42.5 Å². The molecule has 0 spiro atoms. The molecule has 0 unspecified atom stereocenters. The molecule has 0 aliphatic carbocycles. The predicted octanol–water partition coefficient (Wildman–Crippen LogP) is 2.37. The van der Waals surface area contributed by atoms with Crippen LogP contribution in [0.1, 0.15) is 31.8 Å². The van der Waals surface area contributed by atoms with Crippen molar-refractivity contribution < 1.29 is 24.0 Å². The molecule has 9 heteroatoms. The number of para-hydroxylation sites is 1. The number of benzene rings is 1. The molecule has 0 radical (unpaired) electrons. The second-order valence-electron chi connectivity index (χ2n) is 5.27. The Kier molecular flexibility index (Phi) is 6.56. The van der Waals surface area contributed by atoms with Crippen LogP contribution in [-0.4, -0.2) is 35.7 Å². The molecular formula is C17H16N2O6S. The summed E-state index contributed by atoms with van der Waals surface area (Å²) in [6.07, 6.45) is 0.591. The second kappa shape index (κ2) is 8.86. The third-order valence-corrected chi connectivity index (χ3v) is 4.52. The zero-order valence-corrected chi connectivity index (χ0v) is 14.7. The van der Waals surface area contributed by atoms with Gasteiger partial charge >= 0.3 is 5.97 Å². The van der Waals surface area contributed by atoms with E-state index < -0.39 is 23.3 Å². The van der Waals surface area contributed by atoms with E-state index in [0.29, 0.717) is 17.8 Å². The van der Waals surface area contributed by atoms with Crippen molar-refractivity contribution in [1.29, 1.82) is 0 Å². The number of ketones is 1. The number of hydrogen-bond donors (Lipinski definition) is 1. The highest BCUT2D eigenvalue weighted by molar-refractivity contribution is 7.14. The van der Waals surface area contributed by atoms with Gasteiger partial charge in [0.25, 0.3) is 5.69 Å². The number of carbonyl (C=O) groups excluding carboxylic acids is 3. The largest absolute Gasteiger partial charge is 0.453 e. The summed E-state index contributed by atoms with van der Waals surface area (Å²) in [7, 11) is 0. The molecular weight excluding hydrogens is 360 g/mol. The summed E-state index contributed by atoms with van der Waals surface area (Å²) in [6, 6.07) is 8.77. The van der Waals surface area contributed by atoms with Gasteiger partial charge in [0.2, 0.25) is 11.7 Å². The fourth-order valence-electron chi connectivity index (χ4n) is 2.11. The molecule has 2 aromatic rings. The highest BCUT2D eigenvalue weighted by Crippen LogP contribution is 2.20. The molecule has 1 amide bonds. The number of esters is 1. The molecule has 0 saturated carbocycles. The first-order valence-corrected chi connectivity index (χ1v) is 8.47. The highest BCUT2D eigenvalue weighted by Gasteiger charge is 2.21. The quantitative estimate of drug-likeness (QED) is 0.327. The van der Waals surface area contributed by atoms with Crippen molar-refractivity contribution in [2.24, 2.45) is 0 Å². The number of hydrogen-bond acceptors (Lipinski definition) is 7. The smallest absolute Gasteiger partial charge is 0.345 e. The molecule has 136 valence electrons. The van der Waals surface area contributed by atoms with E-state index in [0.717, 1.165) is 4.88 Å². The van der Waals surface area contributed by atoms with E-state index >= 15 is 0 Å². The predicted molar refractivity (Wildman–Crippen MR) is 94.4 cm³/mol. The van der Waals surface area contributed by atoms with Crippen LogP contribution < -0.4 is 5.32 Å². The van der Waals surface area contributed by atoms with Crippen LogP contribution in [0.4, 0.5) is 5.69 Å². The number of carbonyl (C=O) groups is 3. The Morgan fingerprint density at radius 1 is 1.19 bits per heavy atom. The fourth-order valence-corrected chi connectivity index (χ4v) is 3.04. The van der Waals surface area contributed by atoms with Crippen molar-refractivity contribution in [1.82, 2.24) is 5.32 Å². The molecule has 0 aliphatic heterocycles. The zero-order chi connectivity index (χ0) is 19.1. The number of Topliss-reactive ketones (excluding diaryl/α,β-unsaturated/α-hetero) is 1. The maximum absolute atomic E-state index is 12.1. The first kappa shape index (κ1) is 19.3. The van der Waals surface area contributed by atoms with Gasteiger partial charge in [-0.05, 0) is 24.6 Å². The number of nitrogens with one attached hydrogen (secondary N) is 1. The second-order valence-corrected chi connectivity index (χ2v) is 6.44. The van der Waals surface area contributed by atoms with Crippen LogP contribution in [0.3, 0.4) is 0 Å². The number of nitrogens with zero attached hydrogens (tertiary/aromatic N) is 1. The standard InChI is InChI=1S/C17H16N2O6S/c1-11(20)18-9-8-12-6-7-16(26-12)15(21)10-25-17(22)13-4-2-3-5-14(13)19(23)24/h2-7H,8-10H2,1H3,(H,18,20). The summed E-state index contributed by atoms with van der Waals surface area (Å²) in [6.45, 7) is 1.39. The van der Waals surface area contributed by atoms with Gasteiger partial charge in [0.05, 0.1) is 9.80 Å². The Morgan fingerprint density at radius 3 is 2.62 bits per heavy atom. The van der Waals surface area contributed by atoms with E-state index in [4.69, 9.17) is 4.74 Å². The maximum atomic E-state index is 12.1. The molecule has 0 atom stereocenters. The molecule has 1 aromatic heterocycles. The number of amides is 1. The van der Waals surface area contributed by atoms with Gasteiger partial charge in [0.15, 0.2) is 6.61 Å². The lowest BCUT2D eigenvalue weighted by Gasteiger charge is -2.04. The van der Waals surface area contributed by atoms with Crippen LogP contribution in [0, 0.1) is 10.1 Å².